The van der Waals surface area contributed by atoms with Gasteiger partial charge >= 0.3 is 5.97 Å². The van der Waals surface area contributed by atoms with Crippen molar-refractivity contribution in [2.24, 2.45) is 0 Å². The predicted octanol–water partition coefficient (Wildman–Crippen LogP) is -18.8. The lowest BCUT2D eigenvalue weighted by atomic mass is 9.88. The summed E-state index contributed by atoms with van der Waals surface area (Å²) in [6, 6.07) is -5.52. The van der Waals surface area contributed by atoms with Crippen LogP contribution in [0.15, 0.2) is 0 Å². The van der Waals surface area contributed by atoms with E-state index in [2.05, 4.69) is 16.0 Å². The van der Waals surface area contributed by atoms with E-state index in [-0.39, 0.29) is 0 Å². The Labute approximate surface area is 587 Å². The zero-order chi connectivity index (χ0) is 77.0. The molecule has 47 heteroatoms. The molecule has 0 aromatic rings. The fourth-order valence-electron chi connectivity index (χ4n) is 13.3. The molecule has 8 aliphatic rings. The first-order valence-corrected chi connectivity index (χ1v) is 32.8. The van der Waals surface area contributed by atoms with E-state index in [1.807, 2.05) is 0 Å². The van der Waals surface area contributed by atoms with Crippen LogP contribution in [0.5, 0.6) is 0 Å². The van der Waals surface area contributed by atoms with Crippen LogP contribution in [0, 0.1) is 0 Å². The number of nitrogens with one attached hydrogen (secondary N) is 3. The van der Waals surface area contributed by atoms with E-state index in [0.29, 0.717) is 0 Å². The standard InChI is InChI=1S/C57H95N3O44/c1-13(68)58-25-16(71)4-57(56(88)89,103-44(25)28(73)17(72)5-61)104-47-32(77)21(9-65)94-54(41(47)86)99-43-23(11-67)96-50(27(35(43)80)60-15(3)70)102-48-37(82)30(75)19(7-63)95-55(48)101-46-33(78)24(97-53(40(46)85)98-42-22(10-66)91-49(87)26(34(42)79)59-14(2)69)12-90-51-39(84)45(31(76)20(8-64)92-51)100-52-38(83)36(81)29(74)18(6-62)93-52/h16-55,61-67,71-87H,4-12H2,1-3H3,(H,58,68)(H,59,69)(H,60,70)(H,88,89)/t16-,17+,18+,19+,20+,21+,22+,23+,24+,25+,26+,27+,28+,29+,30+,31+,32-,33+,34+,35+,36-,37-,38-,39-,40-,41+,42+,43+,44+,45-,46-,47-,48-,49+,50-,51-,52+,53-,54-,55+,57-/m0/s1. The van der Waals surface area contributed by atoms with Crippen LogP contribution >= 0.6 is 0 Å². The van der Waals surface area contributed by atoms with Gasteiger partial charge in [-0.15, -0.1) is 0 Å². The number of carboxylic acid groups (broad SMARTS) is 1. The highest BCUT2D eigenvalue weighted by atomic mass is 16.8. The SMILES string of the molecule is CC(=O)N[C@@H]1[C@@H](O)[C@H](O[C@@H]2O[C@H](CO[C@H]3O[C@H](CO)[C@@H](O)[C@H](O[C@H]4O[C@H](CO)[C@@H](O)[C@H](O)[C@@H]4O)[C@@H]3O)[C@@H](O)[C@H](O[C@H]3O[C@H](CO)[C@@H](O)[C@H](O)[C@@H]3O[C@@H]3O[C@H](CO)[C@@H](O[C@@H]4O[C@H](CO)[C@H](O)[C@H](O[C@]5(C(=O)O)C[C@H](O)[C@@H](NC(C)=O)[C@H]([C@H](O)[C@H](O)CO)O5)[C@H]4O)[C@H](O)[C@H]3NC(C)=O)[C@@H]2O)[C@@H](CO)O[C@H]1O. The maximum absolute atomic E-state index is 13.2. The Morgan fingerprint density at radius 2 is 0.779 bits per heavy atom. The predicted molar refractivity (Wildman–Crippen MR) is 316 cm³/mol. The molecule has 0 aliphatic carbocycles. The Morgan fingerprint density at radius 3 is 1.30 bits per heavy atom. The largest absolute Gasteiger partial charge is 0.477 e. The number of aliphatic hydroxyl groups excluding tert-OH is 24. The molecule has 8 saturated heterocycles. The highest BCUT2D eigenvalue weighted by Crippen LogP contribution is 2.41. The molecule has 0 spiro atoms. The van der Waals surface area contributed by atoms with Crippen LogP contribution in [0.1, 0.15) is 27.2 Å². The van der Waals surface area contributed by atoms with E-state index in [1.165, 1.54) is 0 Å². The van der Waals surface area contributed by atoms with Crippen LogP contribution in [0.4, 0.5) is 0 Å². The van der Waals surface area contributed by atoms with E-state index in [9.17, 15) is 147 Å². The van der Waals surface area contributed by atoms with Crippen molar-refractivity contribution in [3.63, 3.8) is 0 Å². The number of carboxylic acids is 1. The maximum atomic E-state index is 13.2. The minimum atomic E-state index is -3.28. The summed E-state index contributed by atoms with van der Waals surface area (Å²) in [5.41, 5.74) is 0. The van der Waals surface area contributed by atoms with Crippen LogP contribution < -0.4 is 16.0 Å². The Kier molecular flexibility index (Phi) is 30.5. The lowest BCUT2D eigenvalue weighted by Crippen LogP contribution is -2.71. The molecule has 0 radical (unpaired) electrons. The van der Waals surface area contributed by atoms with Gasteiger partial charge in [-0.1, -0.05) is 0 Å². The molecule has 104 heavy (non-hydrogen) atoms. The molecule has 8 aliphatic heterocycles. The molecule has 8 heterocycles. The zero-order valence-electron chi connectivity index (χ0n) is 55.4. The second kappa shape index (κ2) is 36.9. The topological polar surface area (TPSA) is 749 Å². The Hall–Kier alpha value is -3.68. The van der Waals surface area contributed by atoms with Crippen molar-refractivity contribution < 1.29 is 218 Å². The monoisotopic (exact) mass is 1530 g/mol. The van der Waals surface area contributed by atoms with Crippen LogP contribution in [-0.4, -0.2) is 455 Å². The zero-order valence-corrected chi connectivity index (χ0v) is 55.4. The van der Waals surface area contributed by atoms with Crippen molar-refractivity contribution in [1.29, 1.82) is 0 Å². The summed E-state index contributed by atoms with van der Waals surface area (Å²) in [5, 5.41) is 282. The quantitative estimate of drug-likeness (QED) is 0.0346. The summed E-state index contributed by atoms with van der Waals surface area (Å²) in [6.07, 6.45) is -80.4. The molecular weight excluding hydrogens is 1430 g/mol. The molecule has 47 nitrogen and oxygen atoms in total. The number of hydrogen-bond donors (Lipinski definition) is 28. The summed E-state index contributed by atoms with van der Waals surface area (Å²) < 4.78 is 86.8. The van der Waals surface area contributed by atoms with Crippen molar-refractivity contribution in [2.75, 3.05) is 52.9 Å². The smallest absolute Gasteiger partial charge is 0.364 e. The first-order chi connectivity index (χ1) is 49.0. The van der Waals surface area contributed by atoms with Crippen molar-refractivity contribution in [2.45, 2.75) is 278 Å². The summed E-state index contributed by atoms with van der Waals surface area (Å²) >= 11 is 0. The minimum Gasteiger partial charge on any atom is -0.477 e. The molecule has 28 N–H and O–H groups in total. The van der Waals surface area contributed by atoms with Gasteiger partial charge < -0.3 is 215 Å². The van der Waals surface area contributed by atoms with E-state index in [0.717, 1.165) is 20.8 Å². The highest BCUT2D eigenvalue weighted by molar-refractivity contribution is 5.77. The van der Waals surface area contributed by atoms with Gasteiger partial charge in [0.1, 0.15) is 189 Å². The molecule has 602 valence electrons. The minimum absolute atomic E-state index is 0.835. The van der Waals surface area contributed by atoms with Gasteiger partial charge in [-0.25, -0.2) is 4.79 Å². The van der Waals surface area contributed by atoms with Gasteiger partial charge in [0.15, 0.2) is 44.0 Å². The number of ether oxygens (including phenoxy) is 15. The molecule has 41 atom stereocenters. The molecular formula is C57H95N3O44. The average Bonchev–Trinajstić information content (AvgIpc) is 0.764. The molecule has 0 saturated carbocycles. The lowest BCUT2D eigenvalue weighted by molar-refractivity contribution is -0.399. The first kappa shape index (κ1) is 85.9. The molecule has 0 aromatic heterocycles. The number of carbonyl (C=O) groups is 4. The van der Waals surface area contributed by atoms with Gasteiger partial charge in [-0.3, -0.25) is 14.4 Å². The molecule has 8 fully saturated rings. The Bertz CT molecular complexity index is 2740. The average molecular weight is 1530 g/mol. The van der Waals surface area contributed by atoms with Crippen molar-refractivity contribution in [1.82, 2.24) is 16.0 Å². The van der Waals surface area contributed by atoms with Crippen LogP contribution in [-0.2, 0) is 90.2 Å². The van der Waals surface area contributed by atoms with Gasteiger partial charge in [-0.2, -0.15) is 0 Å². The maximum Gasteiger partial charge on any atom is 0.364 e. The van der Waals surface area contributed by atoms with Gasteiger partial charge in [0.2, 0.25) is 17.7 Å². The van der Waals surface area contributed by atoms with E-state index in [1.54, 1.807) is 0 Å². The van der Waals surface area contributed by atoms with Gasteiger partial charge in [0.05, 0.1) is 65.0 Å². The summed E-state index contributed by atoms with van der Waals surface area (Å²) in [7, 11) is 0. The number of aliphatic hydroxyl groups is 24. The van der Waals surface area contributed by atoms with Crippen LogP contribution in [0.3, 0.4) is 0 Å². The number of rotatable bonds is 28. The van der Waals surface area contributed by atoms with Crippen molar-refractivity contribution in [3.8, 4) is 0 Å². The molecule has 0 aromatic carbocycles. The Balaban J connectivity index is 1.08. The highest BCUT2D eigenvalue weighted by Gasteiger charge is 2.63. The normalized spacial score (nSPS) is 48.0. The third-order valence-corrected chi connectivity index (χ3v) is 18.8. The Morgan fingerprint density at radius 1 is 0.394 bits per heavy atom. The molecule has 8 rings (SSSR count). The second-order valence-corrected chi connectivity index (χ2v) is 26.0. The number of carbonyl (C=O) groups excluding carboxylic acids is 3. The number of amides is 3. The van der Waals surface area contributed by atoms with E-state index < -0.39 is 334 Å². The lowest BCUT2D eigenvalue weighted by Gasteiger charge is -2.51. The summed E-state index contributed by atoms with van der Waals surface area (Å²) in [6.45, 7) is -6.15. The van der Waals surface area contributed by atoms with Gasteiger partial charge in [0.25, 0.3) is 5.79 Å². The number of hydrogen-bond acceptors (Lipinski definition) is 43. The molecule has 3 amide bonds. The summed E-state index contributed by atoms with van der Waals surface area (Å²) in [4.78, 5) is 50.6. The first-order valence-electron chi connectivity index (χ1n) is 32.8. The van der Waals surface area contributed by atoms with Crippen molar-refractivity contribution >= 4 is 23.7 Å². The van der Waals surface area contributed by atoms with Gasteiger partial charge in [0, 0.05) is 27.2 Å². The molecule has 0 bridgehead atoms. The van der Waals surface area contributed by atoms with Crippen LogP contribution in [0.2, 0.25) is 0 Å². The third kappa shape index (κ3) is 18.5. The van der Waals surface area contributed by atoms with Crippen LogP contribution in [0.25, 0.3) is 0 Å². The fourth-order valence-corrected chi connectivity index (χ4v) is 13.3. The van der Waals surface area contributed by atoms with E-state index in [4.69, 9.17) is 71.1 Å². The molecule has 0 unspecified atom stereocenters. The fraction of sp³-hybridized carbons (Fsp3) is 0.930. The van der Waals surface area contributed by atoms with E-state index >= 15 is 0 Å². The van der Waals surface area contributed by atoms with Gasteiger partial charge in [-0.05, 0) is 0 Å². The van der Waals surface area contributed by atoms with Crippen molar-refractivity contribution in [3.05, 3.63) is 0 Å². The number of aliphatic carboxylic acids is 1. The summed E-state index contributed by atoms with van der Waals surface area (Å²) in [5.74, 6) is -8.13. The third-order valence-electron chi connectivity index (χ3n) is 18.8. The second-order valence-electron chi connectivity index (χ2n) is 26.0.